The summed E-state index contributed by atoms with van der Waals surface area (Å²) in [6, 6.07) is 26.7. The zero-order valence-corrected chi connectivity index (χ0v) is 19.1. The van der Waals surface area contributed by atoms with Crippen molar-refractivity contribution in [3.63, 3.8) is 0 Å². The number of benzene rings is 3. The second-order valence-corrected chi connectivity index (χ2v) is 10.2. The lowest BCUT2D eigenvalue weighted by Gasteiger charge is -2.27. The van der Waals surface area contributed by atoms with Crippen molar-refractivity contribution in [1.29, 1.82) is 0 Å². The highest BCUT2D eigenvalue weighted by Gasteiger charge is 2.44. The monoisotopic (exact) mass is 452 g/mol. The van der Waals surface area contributed by atoms with E-state index in [9.17, 15) is 8.42 Å². The molecule has 7 heteroatoms. The van der Waals surface area contributed by atoms with Gasteiger partial charge in [-0.25, -0.2) is 12.7 Å². The molecule has 32 heavy (non-hydrogen) atoms. The van der Waals surface area contributed by atoms with Crippen LogP contribution in [0.4, 0.5) is 0 Å². The van der Waals surface area contributed by atoms with E-state index in [1.165, 1.54) is 4.31 Å². The van der Waals surface area contributed by atoms with Crippen molar-refractivity contribution < 1.29 is 18.0 Å². The summed E-state index contributed by atoms with van der Waals surface area (Å²) >= 11 is 0. The molecule has 1 heterocycles. The van der Waals surface area contributed by atoms with E-state index in [2.05, 4.69) is 0 Å². The molecule has 0 bridgehead atoms. The lowest BCUT2D eigenvalue weighted by atomic mass is 10.0. The quantitative estimate of drug-likeness (QED) is 0.517. The van der Waals surface area contributed by atoms with Gasteiger partial charge in [-0.1, -0.05) is 72.8 Å². The van der Waals surface area contributed by atoms with Gasteiger partial charge in [0, 0.05) is 20.6 Å². The first kappa shape index (κ1) is 22.5. The second kappa shape index (κ2) is 9.83. The predicted molar refractivity (Wildman–Crippen MR) is 124 cm³/mol. The van der Waals surface area contributed by atoms with Gasteiger partial charge in [-0.3, -0.25) is 4.84 Å². The van der Waals surface area contributed by atoms with Crippen molar-refractivity contribution in [3.8, 4) is 5.75 Å². The molecular weight excluding hydrogens is 424 g/mol. The van der Waals surface area contributed by atoms with Crippen molar-refractivity contribution in [3.05, 3.63) is 102 Å². The molecule has 1 fully saturated rings. The van der Waals surface area contributed by atoms with E-state index in [-0.39, 0.29) is 6.61 Å². The normalized spacial score (nSPS) is 19.3. The third-order valence-corrected chi connectivity index (χ3v) is 7.88. The summed E-state index contributed by atoms with van der Waals surface area (Å²) in [4.78, 5) is 5.65. The molecule has 0 radical (unpaired) electrons. The fraction of sp³-hybridized carbons (Fsp3) is 0.280. The minimum Gasteiger partial charge on any atom is -0.489 e. The highest BCUT2D eigenvalue weighted by molar-refractivity contribution is 7.89. The molecule has 0 aromatic heterocycles. The van der Waals surface area contributed by atoms with E-state index in [0.717, 1.165) is 22.4 Å². The van der Waals surface area contributed by atoms with Crippen LogP contribution in [-0.4, -0.2) is 43.7 Å². The summed E-state index contributed by atoms with van der Waals surface area (Å²) in [5.41, 5.74) is 2.91. The molecule has 0 N–H and O–H groups in total. The van der Waals surface area contributed by atoms with Crippen LogP contribution in [-0.2, 0) is 28.0 Å². The number of hydrogen-bond donors (Lipinski definition) is 0. The largest absolute Gasteiger partial charge is 0.489 e. The van der Waals surface area contributed by atoms with Crippen LogP contribution in [0, 0.1) is 0 Å². The van der Waals surface area contributed by atoms with Crippen molar-refractivity contribution >= 4 is 10.0 Å². The zero-order chi connectivity index (χ0) is 22.6. The van der Waals surface area contributed by atoms with Gasteiger partial charge in [-0.15, -0.1) is 0 Å². The third kappa shape index (κ3) is 5.02. The highest BCUT2D eigenvalue weighted by atomic mass is 32.2. The van der Waals surface area contributed by atoms with E-state index >= 15 is 0 Å². The van der Waals surface area contributed by atoms with Crippen molar-refractivity contribution in [2.45, 2.75) is 24.4 Å². The summed E-state index contributed by atoms with van der Waals surface area (Å²) < 4.78 is 34.1. The first-order valence-corrected chi connectivity index (χ1v) is 12.1. The van der Waals surface area contributed by atoms with Gasteiger partial charge in [0.05, 0.1) is 12.6 Å². The van der Waals surface area contributed by atoms with E-state index in [0.29, 0.717) is 13.2 Å². The van der Waals surface area contributed by atoms with Gasteiger partial charge in [0.15, 0.2) is 0 Å². The number of nitrogens with zero attached hydrogens (tertiary/aromatic N) is 2. The van der Waals surface area contributed by atoms with Crippen LogP contribution in [0.2, 0.25) is 0 Å². The lowest BCUT2D eigenvalue weighted by molar-refractivity contribution is -0.110. The second-order valence-electron chi connectivity index (χ2n) is 7.96. The van der Waals surface area contributed by atoms with Crippen LogP contribution in [0.1, 0.15) is 22.7 Å². The lowest BCUT2D eigenvalue weighted by Crippen LogP contribution is -2.40. The van der Waals surface area contributed by atoms with Crippen LogP contribution < -0.4 is 4.74 Å². The smallest absolute Gasteiger partial charge is 0.221 e. The Morgan fingerprint density at radius 1 is 0.938 bits per heavy atom. The Morgan fingerprint density at radius 2 is 1.53 bits per heavy atom. The van der Waals surface area contributed by atoms with E-state index in [1.54, 1.807) is 19.2 Å². The summed E-state index contributed by atoms with van der Waals surface area (Å²) in [5, 5.41) is 0.940. The Morgan fingerprint density at radius 3 is 2.16 bits per heavy atom. The Balaban J connectivity index is 1.47. The van der Waals surface area contributed by atoms with Gasteiger partial charge in [0.1, 0.15) is 17.6 Å². The molecule has 168 valence electrons. The molecule has 3 aromatic carbocycles. The van der Waals surface area contributed by atoms with E-state index in [1.807, 2.05) is 84.9 Å². The first-order valence-electron chi connectivity index (χ1n) is 10.6. The van der Waals surface area contributed by atoms with E-state index < -0.39 is 21.3 Å². The van der Waals surface area contributed by atoms with Gasteiger partial charge in [-0.05, 0) is 28.8 Å². The summed E-state index contributed by atoms with van der Waals surface area (Å²) in [6.45, 7) is 0.922. The molecule has 2 atom stereocenters. The molecule has 1 saturated heterocycles. The maximum Gasteiger partial charge on any atom is 0.221 e. The van der Waals surface area contributed by atoms with Gasteiger partial charge >= 0.3 is 0 Å². The molecule has 0 aliphatic carbocycles. The average molecular weight is 453 g/mol. The number of ether oxygens (including phenoxy) is 1. The molecule has 6 nitrogen and oxygen atoms in total. The fourth-order valence-electron chi connectivity index (χ4n) is 3.93. The van der Waals surface area contributed by atoms with Gasteiger partial charge in [0.25, 0.3) is 0 Å². The first-order chi connectivity index (χ1) is 15.4. The van der Waals surface area contributed by atoms with Crippen molar-refractivity contribution in [2.75, 3.05) is 20.7 Å². The Bertz CT molecular complexity index is 1110. The van der Waals surface area contributed by atoms with Crippen LogP contribution >= 0.6 is 0 Å². The number of hydrogen-bond acceptors (Lipinski definition) is 5. The van der Waals surface area contributed by atoms with Gasteiger partial charge < -0.3 is 4.74 Å². The predicted octanol–water partition coefficient (Wildman–Crippen LogP) is 4.01. The molecule has 1 aliphatic heterocycles. The van der Waals surface area contributed by atoms with Crippen LogP contribution in [0.15, 0.2) is 84.9 Å². The third-order valence-electron chi connectivity index (χ3n) is 5.72. The molecule has 4 rings (SSSR count). The molecule has 0 amide bonds. The van der Waals surface area contributed by atoms with Crippen LogP contribution in [0.25, 0.3) is 0 Å². The molecule has 0 unspecified atom stereocenters. The van der Waals surface area contributed by atoms with Crippen LogP contribution in [0.3, 0.4) is 0 Å². The highest BCUT2D eigenvalue weighted by Crippen LogP contribution is 2.35. The van der Waals surface area contributed by atoms with Crippen molar-refractivity contribution in [1.82, 2.24) is 9.37 Å². The van der Waals surface area contributed by atoms with Crippen molar-refractivity contribution in [2.24, 2.45) is 0 Å². The molecule has 0 spiro atoms. The molecular formula is C25H28N2O4S. The maximum absolute atomic E-state index is 13.4. The molecule has 1 aliphatic rings. The Kier molecular flexibility index (Phi) is 6.91. The minimum atomic E-state index is -3.59. The molecule has 3 aromatic rings. The van der Waals surface area contributed by atoms with Crippen LogP contribution in [0.5, 0.6) is 5.75 Å². The van der Waals surface area contributed by atoms with Gasteiger partial charge in [0.2, 0.25) is 10.0 Å². The van der Waals surface area contributed by atoms with Gasteiger partial charge in [-0.2, -0.15) is 5.06 Å². The van der Waals surface area contributed by atoms with E-state index in [4.69, 9.17) is 9.57 Å². The average Bonchev–Trinajstić information content (AvgIpc) is 3.21. The number of hydroxylamine groups is 2. The molecule has 0 saturated carbocycles. The standard InChI is InChI=1S/C25H28N2O4S/c1-26(17-20-9-5-3-6-10-20)32(28,29)24-19-31-27(2)25(24)22-13-15-23(16-14-22)30-18-21-11-7-4-8-12-21/h3-16,24-25H,17-19H2,1-2H3/t24-,25+/m1/s1. The SMILES string of the molecule is CN1OC[C@@H](S(=O)(=O)N(C)Cc2ccccc2)[C@@H]1c1ccc(OCc2ccccc2)cc1. The number of sulfonamides is 1. The maximum atomic E-state index is 13.4. The Labute approximate surface area is 190 Å². The summed E-state index contributed by atoms with van der Waals surface area (Å²) in [5.74, 6) is 0.736. The fourth-order valence-corrected chi connectivity index (χ4v) is 5.61. The zero-order valence-electron chi connectivity index (χ0n) is 18.3. The Hall–Kier alpha value is -2.71. The topological polar surface area (TPSA) is 59.1 Å². The minimum absolute atomic E-state index is 0.120. The summed E-state index contributed by atoms with van der Waals surface area (Å²) in [7, 11) is -0.190. The summed E-state index contributed by atoms with van der Waals surface area (Å²) in [6.07, 6.45) is 0. The number of rotatable bonds is 8.